The van der Waals surface area contributed by atoms with Crippen LogP contribution in [0.2, 0.25) is 0 Å². The van der Waals surface area contributed by atoms with E-state index in [4.69, 9.17) is 8.83 Å². The van der Waals surface area contributed by atoms with Gasteiger partial charge in [-0.25, -0.2) is 0 Å². The summed E-state index contributed by atoms with van der Waals surface area (Å²) in [6.45, 7) is 12.0. The van der Waals surface area contributed by atoms with E-state index < -0.39 is 0 Å². The summed E-state index contributed by atoms with van der Waals surface area (Å²) in [5, 5.41) is 11.0. The third-order valence-electron chi connectivity index (χ3n) is 15.3. The average molecular weight is 856 g/mol. The van der Waals surface area contributed by atoms with E-state index in [-0.39, 0.29) is 10.8 Å². The van der Waals surface area contributed by atoms with Crippen molar-refractivity contribution in [2.75, 3.05) is 5.32 Å². The Morgan fingerprint density at radius 3 is 2.00 bits per heavy atom. The number of nitrogens with one attached hydrogen (secondary N) is 1. The molecule has 66 heavy (non-hydrogen) atoms. The molecule has 1 aliphatic carbocycles. The molecule has 321 valence electrons. The molecule has 0 saturated heterocycles. The number of fused-ring (bicyclic) bond motifs is 12. The monoisotopic (exact) mass is 855 g/mol. The fourth-order valence-corrected chi connectivity index (χ4v) is 11.6. The summed E-state index contributed by atoms with van der Waals surface area (Å²) in [6, 6.07) is 53.8. The maximum absolute atomic E-state index is 6.62. The molecule has 0 fully saturated rings. The molecule has 0 bridgehead atoms. The van der Waals surface area contributed by atoms with E-state index in [9.17, 15) is 0 Å². The Morgan fingerprint density at radius 1 is 0.576 bits per heavy atom. The van der Waals surface area contributed by atoms with E-state index in [0.717, 1.165) is 91.1 Å². The Labute approximate surface area is 386 Å². The van der Waals surface area contributed by atoms with Gasteiger partial charge in [0.2, 0.25) is 0 Å². The van der Waals surface area contributed by atoms with Crippen LogP contribution in [0.4, 0.5) is 11.4 Å². The third kappa shape index (κ3) is 5.98. The molecule has 1 N–H and O–H groups in total. The van der Waals surface area contributed by atoms with E-state index in [2.05, 4.69) is 197 Å². The summed E-state index contributed by atoms with van der Waals surface area (Å²) in [4.78, 5) is 0. The van der Waals surface area contributed by atoms with Crippen molar-refractivity contribution in [1.29, 1.82) is 0 Å². The molecule has 13 rings (SSSR count). The predicted octanol–water partition coefficient (Wildman–Crippen LogP) is 15.7. The van der Waals surface area contributed by atoms with Crippen molar-refractivity contribution < 1.29 is 8.83 Å². The summed E-state index contributed by atoms with van der Waals surface area (Å²) in [5.74, 6) is 0. The summed E-state index contributed by atoms with van der Waals surface area (Å²) < 4.78 is 15.8. The molecule has 4 nitrogen and oxygen atoms in total. The number of anilines is 2. The highest BCUT2D eigenvalue weighted by atomic mass is 16.3. The first kappa shape index (κ1) is 39.4. The summed E-state index contributed by atoms with van der Waals surface area (Å²) in [7, 11) is 2.43. The molecule has 11 aromatic rings. The molecular weight excluding hydrogens is 803 g/mol. The van der Waals surface area contributed by atoms with Crippen LogP contribution < -0.4 is 16.2 Å². The van der Waals surface area contributed by atoms with Crippen molar-refractivity contribution in [3.8, 4) is 27.9 Å². The van der Waals surface area contributed by atoms with Gasteiger partial charge in [0.05, 0.1) is 5.52 Å². The quantitative estimate of drug-likeness (QED) is 0.122. The fourth-order valence-electron chi connectivity index (χ4n) is 11.6. The number of rotatable bonds is 8. The van der Waals surface area contributed by atoms with Crippen LogP contribution in [0.15, 0.2) is 154 Å². The minimum atomic E-state index is 0.0333. The Bertz CT molecular complexity index is 3780. The molecule has 0 atom stereocenters. The van der Waals surface area contributed by atoms with Crippen molar-refractivity contribution in [1.82, 2.24) is 4.57 Å². The van der Waals surface area contributed by atoms with Gasteiger partial charge >= 0.3 is 0 Å². The number of hydrogen-bond donors (Lipinski definition) is 1. The lowest BCUT2D eigenvalue weighted by Crippen LogP contribution is -2.37. The predicted molar refractivity (Wildman–Crippen MR) is 279 cm³/mol. The maximum atomic E-state index is 6.62. The van der Waals surface area contributed by atoms with Crippen LogP contribution in [0, 0.1) is 0 Å². The van der Waals surface area contributed by atoms with Crippen LogP contribution in [0.25, 0.3) is 93.6 Å². The van der Waals surface area contributed by atoms with Crippen molar-refractivity contribution in [3.05, 3.63) is 162 Å². The largest absolute Gasteiger partial charge is 0.456 e. The molecule has 1 radical (unpaired) electrons. The molecule has 3 aromatic heterocycles. The number of furan rings is 2. The van der Waals surface area contributed by atoms with E-state index in [0.29, 0.717) is 0 Å². The number of nitrogens with zero attached hydrogens (tertiary/aromatic N) is 1. The Hall–Kier alpha value is -6.98. The smallest absolute Gasteiger partial charge is 0.198 e. The van der Waals surface area contributed by atoms with Crippen molar-refractivity contribution in [3.63, 3.8) is 0 Å². The van der Waals surface area contributed by atoms with Crippen LogP contribution in [0.5, 0.6) is 0 Å². The Balaban J connectivity index is 1.13. The summed E-state index contributed by atoms with van der Waals surface area (Å²) >= 11 is 0. The molecule has 2 aliphatic rings. The SMILES string of the molecule is CCCCCc1ccc(Nc2ccccc2-c2cc(-c3ccc4c(c3)oc3ccccc34)c3c4cc5c(cc4n4c3c2[B]c2cc3oc6ccccc6c3cc2-4)C(C)(C)CCC5(C)C)cc1. The number of para-hydroxylation sites is 3. The van der Waals surface area contributed by atoms with Crippen molar-refractivity contribution >= 4 is 95.3 Å². The van der Waals surface area contributed by atoms with Gasteiger partial charge in [0.25, 0.3) is 0 Å². The average Bonchev–Trinajstić information content (AvgIpc) is 4.00. The van der Waals surface area contributed by atoms with Gasteiger partial charge in [-0.1, -0.05) is 126 Å². The highest BCUT2D eigenvalue weighted by Gasteiger charge is 2.39. The number of aryl methyl sites for hydroxylation is 1. The van der Waals surface area contributed by atoms with Crippen LogP contribution in [0.1, 0.15) is 83.4 Å². The molecule has 0 unspecified atom stereocenters. The standard InChI is InChI=1S/C61H52BN2O2/c1-6-7-8-15-36-22-25-38(26-23-36)63-50-19-12-9-16-39(50)45-31-43(37-24-27-42-40-17-10-13-20-53(40)65-55(42)30-37)57-46-32-47-48(61(4,5)29-28-60(47,2)3)34-51(46)64-52-33-44-41-18-11-14-21-54(41)66-56(44)35-49(52)62-58(45)59(57)64/h9-14,16-27,30-35,63H,6-8,15,28-29H2,1-5H3. The minimum absolute atomic E-state index is 0.0333. The molecular formula is C61H52BN2O2. The van der Waals surface area contributed by atoms with E-state index in [1.807, 2.05) is 0 Å². The fraction of sp³-hybridized carbons (Fsp3) is 0.213. The van der Waals surface area contributed by atoms with Gasteiger partial charge in [-0.3, -0.25) is 0 Å². The lowest BCUT2D eigenvalue weighted by atomic mass is 9.58. The van der Waals surface area contributed by atoms with Gasteiger partial charge in [0.1, 0.15) is 22.3 Å². The van der Waals surface area contributed by atoms with Crippen LogP contribution >= 0.6 is 0 Å². The molecule has 1 aliphatic heterocycles. The molecule has 5 heteroatoms. The van der Waals surface area contributed by atoms with Gasteiger partial charge in [-0.05, 0) is 148 Å². The minimum Gasteiger partial charge on any atom is -0.456 e. The van der Waals surface area contributed by atoms with Gasteiger partial charge in [-0.2, -0.15) is 0 Å². The number of aromatic nitrogens is 1. The second-order valence-corrected chi connectivity index (χ2v) is 20.4. The van der Waals surface area contributed by atoms with Crippen LogP contribution in [-0.2, 0) is 17.3 Å². The number of benzene rings is 8. The highest BCUT2D eigenvalue weighted by Crippen LogP contribution is 2.51. The zero-order valence-corrected chi connectivity index (χ0v) is 38.4. The van der Waals surface area contributed by atoms with Gasteiger partial charge < -0.3 is 18.7 Å². The molecule has 0 saturated carbocycles. The zero-order valence-electron chi connectivity index (χ0n) is 38.4. The van der Waals surface area contributed by atoms with Crippen molar-refractivity contribution in [2.45, 2.75) is 84.0 Å². The molecule has 4 heterocycles. The van der Waals surface area contributed by atoms with E-state index in [1.54, 1.807) is 0 Å². The number of unbranched alkanes of at least 4 members (excludes halogenated alkanes) is 2. The van der Waals surface area contributed by atoms with Crippen molar-refractivity contribution in [2.24, 2.45) is 0 Å². The normalized spacial score (nSPS) is 14.9. The summed E-state index contributed by atoms with van der Waals surface area (Å²) in [6.07, 6.45) is 7.12. The number of hydrogen-bond acceptors (Lipinski definition) is 3. The lowest BCUT2D eigenvalue weighted by Gasteiger charge is -2.42. The van der Waals surface area contributed by atoms with E-state index in [1.165, 1.54) is 80.0 Å². The first-order valence-electron chi connectivity index (χ1n) is 24.0. The van der Waals surface area contributed by atoms with Gasteiger partial charge in [-0.15, -0.1) is 0 Å². The first-order valence-corrected chi connectivity index (χ1v) is 24.0. The molecule has 8 aromatic carbocycles. The van der Waals surface area contributed by atoms with E-state index >= 15 is 0 Å². The Kier molecular flexibility index (Phi) is 8.66. The zero-order chi connectivity index (χ0) is 44.5. The van der Waals surface area contributed by atoms with Crippen LogP contribution in [-0.4, -0.2) is 11.8 Å². The van der Waals surface area contributed by atoms with Crippen LogP contribution in [0.3, 0.4) is 0 Å². The van der Waals surface area contributed by atoms with Gasteiger partial charge in [0, 0.05) is 60.5 Å². The Morgan fingerprint density at radius 2 is 1.24 bits per heavy atom. The lowest BCUT2D eigenvalue weighted by molar-refractivity contribution is 0.332. The molecule has 0 amide bonds. The first-order chi connectivity index (χ1) is 32.1. The second kappa shape index (κ2) is 14.5. The highest BCUT2D eigenvalue weighted by molar-refractivity contribution is 6.74. The topological polar surface area (TPSA) is 43.2 Å². The summed E-state index contributed by atoms with van der Waals surface area (Å²) in [5.41, 5.74) is 20.8. The van der Waals surface area contributed by atoms with Gasteiger partial charge in [0.15, 0.2) is 7.28 Å². The second-order valence-electron chi connectivity index (χ2n) is 20.4. The third-order valence-corrected chi connectivity index (χ3v) is 15.3. The maximum Gasteiger partial charge on any atom is 0.198 e. The molecule has 0 spiro atoms.